The lowest BCUT2D eigenvalue weighted by Crippen LogP contribution is -2.40. The number of likely N-dealkylation sites (N-methyl/N-ethyl adjacent to an activating group) is 1. The molecule has 1 aliphatic rings. The zero-order valence-electron chi connectivity index (χ0n) is 21.2. The van der Waals surface area contributed by atoms with E-state index in [0.29, 0.717) is 29.8 Å². The summed E-state index contributed by atoms with van der Waals surface area (Å²) in [5, 5.41) is 21.9. The van der Waals surface area contributed by atoms with Crippen LogP contribution in [0, 0.1) is 0 Å². The molecular formula is C27H36N2O6. The van der Waals surface area contributed by atoms with Gasteiger partial charge in [-0.1, -0.05) is 0 Å². The van der Waals surface area contributed by atoms with Crippen molar-refractivity contribution in [2.24, 2.45) is 0 Å². The lowest BCUT2D eigenvalue weighted by Gasteiger charge is -2.35. The largest absolute Gasteiger partial charge is 0.507 e. The number of nitrogens with zero attached hydrogens (tertiary/aromatic N) is 2. The fraction of sp³-hybridized carbons (Fsp3) is 0.481. The Morgan fingerprint density at radius 2 is 1.69 bits per heavy atom. The normalized spacial score (nSPS) is 18.2. The number of β-amino-alcohol motifs (C(OH)–C–C–N with tert-alkyl or cyclic N) is 1. The topological polar surface area (TPSA) is 99.5 Å². The number of piperidine rings is 1. The first-order valence-electron chi connectivity index (χ1n) is 12.0. The van der Waals surface area contributed by atoms with E-state index in [1.54, 1.807) is 12.1 Å². The van der Waals surface area contributed by atoms with Crippen LogP contribution in [0.1, 0.15) is 58.9 Å². The number of aliphatic hydroxyl groups excluding tert-OH is 1. The molecule has 8 heteroatoms. The van der Waals surface area contributed by atoms with Crippen LogP contribution >= 0.6 is 0 Å². The van der Waals surface area contributed by atoms with E-state index >= 15 is 0 Å². The van der Waals surface area contributed by atoms with Crippen LogP contribution in [0.25, 0.3) is 0 Å². The minimum absolute atomic E-state index is 0.0671. The minimum Gasteiger partial charge on any atom is -0.507 e. The summed E-state index contributed by atoms with van der Waals surface area (Å²) in [5.74, 6) is -1.16. The Morgan fingerprint density at radius 1 is 1.06 bits per heavy atom. The molecule has 8 nitrogen and oxygen atoms in total. The van der Waals surface area contributed by atoms with Gasteiger partial charge in [-0.3, -0.25) is 9.59 Å². The van der Waals surface area contributed by atoms with E-state index in [-0.39, 0.29) is 22.8 Å². The summed E-state index contributed by atoms with van der Waals surface area (Å²) in [6.07, 6.45) is -0.578. The maximum absolute atomic E-state index is 13.3. The fourth-order valence-electron chi connectivity index (χ4n) is 4.80. The Labute approximate surface area is 207 Å². The van der Waals surface area contributed by atoms with Crippen LogP contribution in [0.4, 0.5) is 5.69 Å². The van der Waals surface area contributed by atoms with Gasteiger partial charge >= 0.3 is 0 Å². The zero-order valence-corrected chi connectivity index (χ0v) is 21.2. The van der Waals surface area contributed by atoms with E-state index in [4.69, 9.17) is 9.47 Å². The van der Waals surface area contributed by atoms with E-state index in [0.717, 1.165) is 25.3 Å². The Kier molecular flexibility index (Phi) is 8.75. The van der Waals surface area contributed by atoms with Gasteiger partial charge < -0.3 is 29.5 Å². The van der Waals surface area contributed by atoms with Gasteiger partial charge in [0, 0.05) is 48.4 Å². The van der Waals surface area contributed by atoms with E-state index in [1.807, 2.05) is 24.1 Å². The van der Waals surface area contributed by atoms with Crippen LogP contribution in [-0.2, 0) is 0 Å². The molecule has 2 N–H and O–H groups in total. The average Bonchev–Trinajstić information content (AvgIpc) is 2.85. The van der Waals surface area contributed by atoms with E-state index < -0.39 is 24.2 Å². The predicted octanol–water partition coefficient (Wildman–Crippen LogP) is 3.49. The number of hydrogen-bond donors (Lipinski definition) is 2. The number of rotatable bonds is 10. The smallest absolute Gasteiger partial charge is 0.178 e. The average molecular weight is 485 g/mol. The number of ketones is 2. The number of anilines is 1. The summed E-state index contributed by atoms with van der Waals surface area (Å²) in [6, 6.07) is 8.71. The number of phenols is 1. The van der Waals surface area contributed by atoms with E-state index in [1.165, 1.54) is 20.3 Å². The predicted molar refractivity (Wildman–Crippen MR) is 135 cm³/mol. The first kappa shape index (κ1) is 26.5. The lowest BCUT2D eigenvalue weighted by atomic mass is 9.84. The van der Waals surface area contributed by atoms with Crippen molar-refractivity contribution in [2.45, 2.75) is 38.7 Å². The molecule has 2 aromatic rings. The number of carbonyl (C=O) groups excluding carboxylic acids is 2. The molecule has 1 aliphatic heterocycles. The lowest BCUT2D eigenvalue weighted by molar-refractivity contribution is 0.0618. The van der Waals surface area contributed by atoms with E-state index in [2.05, 4.69) is 18.7 Å². The van der Waals surface area contributed by atoms with Gasteiger partial charge in [-0.2, -0.15) is 0 Å². The highest BCUT2D eigenvalue weighted by Gasteiger charge is 2.35. The van der Waals surface area contributed by atoms with Gasteiger partial charge in [0.25, 0.3) is 0 Å². The number of aliphatic hydroxyl groups is 1. The third-order valence-corrected chi connectivity index (χ3v) is 6.78. The summed E-state index contributed by atoms with van der Waals surface area (Å²) >= 11 is 0. The van der Waals surface area contributed by atoms with Crippen molar-refractivity contribution >= 4 is 17.3 Å². The molecule has 0 saturated carbocycles. The number of likely N-dealkylation sites (tertiary alicyclic amines) is 1. The molecule has 190 valence electrons. The molecule has 2 atom stereocenters. The third kappa shape index (κ3) is 5.60. The standard InChI is InChI=1S/C27H36N2O6/c1-6-29(7-2)18-10-8-17(9-11-18)20(30)14-21(31)26-24(35-5)15-23(34-4)25(27(26)33)19-12-13-28(3)16-22(19)32/h8-11,15,19,22,32-33H,6-7,12-14,16H2,1-5H3/t19-,22+/m0/s1. The van der Waals surface area contributed by atoms with Crippen molar-refractivity contribution < 1.29 is 29.3 Å². The van der Waals surface area contributed by atoms with Crippen LogP contribution in [0.3, 0.4) is 0 Å². The van der Waals surface area contributed by atoms with Crippen molar-refractivity contribution in [1.29, 1.82) is 0 Å². The highest BCUT2D eigenvalue weighted by atomic mass is 16.5. The molecular weight excluding hydrogens is 448 g/mol. The first-order valence-corrected chi connectivity index (χ1v) is 12.0. The monoisotopic (exact) mass is 484 g/mol. The van der Waals surface area contributed by atoms with Gasteiger partial charge in [0.05, 0.1) is 26.7 Å². The van der Waals surface area contributed by atoms with Crippen molar-refractivity contribution in [3.8, 4) is 17.2 Å². The summed E-state index contributed by atoms with van der Waals surface area (Å²) in [5.41, 5.74) is 1.73. The van der Waals surface area contributed by atoms with Crippen molar-refractivity contribution in [3.05, 3.63) is 47.0 Å². The van der Waals surface area contributed by atoms with Crippen molar-refractivity contribution in [1.82, 2.24) is 4.90 Å². The second-order valence-electron chi connectivity index (χ2n) is 8.89. The summed E-state index contributed by atoms with van der Waals surface area (Å²) in [4.78, 5) is 30.4. The van der Waals surface area contributed by atoms with Gasteiger partial charge in [-0.25, -0.2) is 0 Å². The number of ether oxygens (including phenoxy) is 2. The van der Waals surface area contributed by atoms with Crippen LogP contribution in [0.5, 0.6) is 17.2 Å². The quantitative estimate of drug-likeness (QED) is 0.391. The Bertz CT molecular complexity index is 1050. The molecule has 3 rings (SSSR count). The molecule has 1 heterocycles. The number of Topliss-reactive ketones (excluding diaryl/α,β-unsaturated/α-hetero) is 2. The molecule has 0 aromatic heterocycles. The molecule has 0 unspecified atom stereocenters. The van der Waals surface area contributed by atoms with Crippen LogP contribution in [0.15, 0.2) is 30.3 Å². The Balaban J connectivity index is 1.92. The second kappa shape index (κ2) is 11.6. The molecule has 1 fully saturated rings. The number of benzene rings is 2. The number of carbonyl (C=O) groups is 2. The van der Waals surface area contributed by atoms with Gasteiger partial charge in [0.15, 0.2) is 11.6 Å². The molecule has 35 heavy (non-hydrogen) atoms. The summed E-state index contributed by atoms with van der Waals surface area (Å²) in [6.45, 7) is 7.00. The Hall–Kier alpha value is -3.10. The highest BCUT2D eigenvalue weighted by Crippen LogP contribution is 2.46. The molecule has 0 aliphatic carbocycles. The van der Waals surface area contributed by atoms with Crippen LogP contribution in [-0.4, -0.2) is 80.2 Å². The number of aromatic hydroxyl groups is 1. The third-order valence-electron chi connectivity index (χ3n) is 6.78. The maximum Gasteiger partial charge on any atom is 0.178 e. The van der Waals surface area contributed by atoms with Crippen molar-refractivity contribution in [2.75, 3.05) is 52.3 Å². The maximum atomic E-state index is 13.3. The SMILES string of the molecule is CCN(CC)c1ccc(C(=O)CC(=O)c2c(OC)cc(OC)c([C@H]3CCN(C)C[C@H]3O)c2O)cc1. The highest BCUT2D eigenvalue weighted by molar-refractivity contribution is 6.15. The van der Waals surface area contributed by atoms with Gasteiger partial charge in [0.2, 0.25) is 0 Å². The van der Waals surface area contributed by atoms with E-state index in [9.17, 15) is 19.8 Å². The molecule has 1 saturated heterocycles. The molecule has 0 radical (unpaired) electrons. The number of hydrogen-bond acceptors (Lipinski definition) is 8. The summed E-state index contributed by atoms with van der Waals surface area (Å²) < 4.78 is 10.9. The molecule has 0 amide bonds. The molecule has 0 spiro atoms. The summed E-state index contributed by atoms with van der Waals surface area (Å²) in [7, 11) is 4.77. The van der Waals surface area contributed by atoms with Gasteiger partial charge in [-0.15, -0.1) is 0 Å². The fourth-order valence-corrected chi connectivity index (χ4v) is 4.80. The molecule has 0 bridgehead atoms. The number of phenolic OH excluding ortho intramolecular Hbond substituents is 1. The zero-order chi connectivity index (χ0) is 25.7. The van der Waals surface area contributed by atoms with Gasteiger partial charge in [-0.05, 0) is 58.1 Å². The van der Waals surface area contributed by atoms with Crippen LogP contribution < -0.4 is 14.4 Å². The van der Waals surface area contributed by atoms with Gasteiger partial charge in [0.1, 0.15) is 22.8 Å². The first-order chi connectivity index (χ1) is 16.7. The van der Waals surface area contributed by atoms with Crippen LogP contribution in [0.2, 0.25) is 0 Å². The number of methoxy groups -OCH3 is 2. The molecule has 2 aromatic carbocycles. The van der Waals surface area contributed by atoms with Crippen molar-refractivity contribution in [3.63, 3.8) is 0 Å². The minimum atomic E-state index is -0.740. The Morgan fingerprint density at radius 3 is 2.23 bits per heavy atom. The second-order valence-corrected chi connectivity index (χ2v) is 8.89.